The smallest absolute Gasteiger partial charge is 0.310 e. The fraction of sp³-hybridized carbons (Fsp3) is 0.278. The van der Waals surface area contributed by atoms with Crippen LogP contribution in [0.4, 0.5) is 0 Å². The van der Waals surface area contributed by atoms with E-state index in [0.717, 1.165) is 16.2 Å². The van der Waals surface area contributed by atoms with Crippen LogP contribution in [0.25, 0.3) is 0 Å². The lowest BCUT2D eigenvalue weighted by atomic mass is 10.1. The van der Waals surface area contributed by atoms with Crippen molar-refractivity contribution >= 4 is 29.3 Å². The lowest BCUT2D eigenvalue weighted by Crippen LogP contribution is -2.14. The van der Waals surface area contributed by atoms with Crippen molar-refractivity contribution in [2.24, 2.45) is 0 Å². The van der Waals surface area contributed by atoms with Crippen LogP contribution in [-0.4, -0.2) is 12.1 Å². The molecule has 0 aliphatic heterocycles. The second kappa shape index (κ2) is 8.25. The molecule has 0 bridgehead atoms. The number of carbonyl (C=O) groups excluding carboxylic acids is 1. The molecule has 2 nitrogen and oxygen atoms in total. The van der Waals surface area contributed by atoms with Crippen LogP contribution in [0.5, 0.6) is 0 Å². The molecule has 0 spiro atoms. The Morgan fingerprint density at radius 1 is 1.18 bits per heavy atom. The van der Waals surface area contributed by atoms with Crippen LogP contribution in [0.1, 0.15) is 25.0 Å². The quantitative estimate of drug-likeness (QED) is 0.541. The SMILES string of the molecule is CC(C)OC(=O)Cc1ccc(Cl)cc1SCc1ccccc1. The minimum Gasteiger partial charge on any atom is -0.463 e. The summed E-state index contributed by atoms with van der Waals surface area (Å²) < 4.78 is 5.22. The molecule has 0 saturated carbocycles. The van der Waals surface area contributed by atoms with Gasteiger partial charge in [-0.15, -0.1) is 11.8 Å². The van der Waals surface area contributed by atoms with Gasteiger partial charge in [-0.2, -0.15) is 0 Å². The number of carbonyl (C=O) groups is 1. The zero-order valence-corrected chi connectivity index (χ0v) is 14.3. The van der Waals surface area contributed by atoms with Gasteiger partial charge < -0.3 is 4.74 Å². The maximum Gasteiger partial charge on any atom is 0.310 e. The van der Waals surface area contributed by atoms with E-state index in [4.69, 9.17) is 16.3 Å². The molecule has 0 unspecified atom stereocenters. The maximum atomic E-state index is 11.9. The average molecular weight is 335 g/mol. The van der Waals surface area contributed by atoms with Crippen molar-refractivity contribution < 1.29 is 9.53 Å². The number of esters is 1. The first-order valence-electron chi connectivity index (χ1n) is 7.19. The number of hydrogen-bond acceptors (Lipinski definition) is 3. The summed E-state index contributed by atoms with van der Waals surface area (Å²) in [5.74, 6) is 0.631. The Kier molecular flexibility index (Phi) is 6.34. The summed E-state index contributed by atoms with van der Waals surface area (Å²) in [5.41, 5.74) is 2.19. The monoisotopic (exact) mass is 334 g/mol. The molecule has 0 atom stereocenters. The van der Waals surface area contributed by atoms with E-state index in [0.29, 0.717) is 5.02 Å². The third kappa shape index (κ3) is 5.39. The Morgan fingerprint density at radius 3 is 2.59 bits per heavy atom. The first kappa shape index (κ1) is 16.9. The molecule has 2 aromatic carbocycles. The predicted octanol–water partition coefficient (Wildman–Crippen LogP) is 5.13. The summed E-state index contributed by atoms with van der Waals surface area (Å²) >= 11 is 7.77. The van der Waals surface area contributed by atoms with Crippen molar-refractivity contribution in [2.45, 2.75) is 37.0 Å². The molecule has 2 rings (SSSR count). The number of halogens is 1. The molecule has 0 aliphatic carbocycles. The van der Waals surface area contributed by atoms with Gasteiger partial charge in [-0.3, -0.25) is 4.79 Å². The van der Waals surface area contributed by atoms with Crippen LogP contribution in [-0.2, 0) is 21.7 Å². The summed E-state index contributed by atoms with van der Waals surface area (Å²) in [6.45, 7) is 3.70. The molecule has 0 N–H and O–H groups in total. The minimum atomic E-state index is -0.209. The highest BCUT2D eigenvalue weighted by atomic mass is 35.5. The van der Waals surface area contributed by atoms with Crippen molar-refractivity contribution in [2.75, 3.05) is 0 Å². The van der Waals surface area contributed by atoms with Crippen molar-refractivity contribution in [3.8, 4) is 0 Å². The molecule has 0 saturated heterocycles. The van der Waals surface area contributed by atoms with E-state index in [9.17, 15) is 4.79 Å². The van der Waals surface area contributed by atoms with Gasteiger partial charge in [0.25, 0.3) is 0 Å². The number of benzene rings is 2. The zero-order valence-electron chi connectivity index (χ0n) is 12.7. The number of thioether (sulfide) groups is 1. The molecule has 0 heterocycles. The first-order chi connectivity index (χ1) is 10.5. The van der Waals surface area contributed by atoms with Gasteiger partial charge in [0.2, 0.25) is 0 Å². The summed E-state index contributed by atoms with van der Waals surface area (Å²) in [7, 11) is 0. The van der Waals surface area contributed by atoms with Crippen molar-refractivity contribution in [3.05, 3.63) is 64.7 Å². The lowest BCUT2D eigenvalue weighted by Gasteiger charge is -2.11. The molecule has 0 aromatic heterocycles. The van der Waals surface area contributed by atoms with Crippen molar-refractivity contribution in [1.29, 1.82) is 0 Å². The van der Waals surface area contributed by atoms with Gasteiger partial charge in [0.05, 0.1) is 12.5 Å². The number of rotatable bonds is 6. The average Bonchev–Trinajstić information content (AvgIpc) is 2.48. The van der Waals surface area contributed by atoms with Gasteiger partial charge in [0.15, 0.2) is 0 Å². The number of hydrogen-bond donors (Lipinski definition) is 0. The van der Waals surface area contributed by atoms with E-state index in [2.05, 4.69) is 12.1 Å². The third-order valence-corrected chi connectivity index (χ3v) is 4.37. The topological polar surface area (TPSA) is 26.3 Å². The second-order valence-electron chi connectivity index (χ2n) is 5.24. The van der Waals surface area contributed by atoms with E-state index in [1.807, 2.05) is 50.2 Å². The fourth-order valence-corrected chi connectivity index (χ4v) is 3.29. The van der Waals surface area contributed by atoms with Gasteiger partial charge in [-0.05, 0) is 37.1 Å². The molecule has 0 aliphatic rings. The Morgan fingerprint density at radius 2 is 1.91 bits per heavy atom. The third-order valence-electron chi connectivity index (χ3n) is 2.97. The Labute approximate surface area is 140 Å². The summed E-state index contributed by atoms with van der Waals surface area (Å²) in [5, 5.41) is 0.677. The second-order valence-corrected chi connectivity index (χ2v) is 6.70. The molecule has 0 radical (unpaired) electrons. The summed E-state index contributed by atoms with van der Waals surface area (Å²) in [6, 6.07) is 15.8. The van der Waals surface area contributed by atoms with Gasteiger partial charge >= 0.3 is 5.97 Å². The Balaban J connectivity index is 2.08. The van der Waals surface area contributed by atoms with Gasteiger partial charge in [0, 0.05) is 15.7 Å². The number of ether oxygens (including phenoxy) is 1. The van der Waals surface area contributed by atoms with Crippen LogP contribution >= 0.6 is 23.4 Å². The summed E-state index contributed by atoms with van der Waals surface area (Å²) in [6.07, 6.45) is 0.173. The van der Waals surface area contributed by atoms with Crippen LogP contribution in [0.2, 0.25) is 5.02 Å². The molecule has 2 aromatic rings. The molecule has 0 fully saturated rings. The van der Waals surface area contributed by atoms with E-state index in [1.54, 1.807) is 11.8 Å². The van der Waals surface area contributed by atoms with Gasteiger partial charge in [-0.1, -0.05) is 48.0 Å². The lowest BCUT2D eigenvalue weighted by molar-refractivity contribution is -0.146. The maximum absolute atomic E-state index is 11.9. The van der Waals surface area contributed by atoms with E-state index in [1.165, 1.54) is 5.56 Å². The van der Waals surface area contributed by atoms with E-state index >= 15 is 0 Å². The highest BCUT2D eigenvalue weighted by molar-refractivity contribution is 7.98. The molecular formula is C18H19ClO2S. The van der Waals surface area contributed by atoms with E-state index < -0.39 is 0 Å². The highest BCUT2D eigenvalue weighted by Crippen LogP contribution is 2.29. The summed E-state index contributed by atoms with van der Waals surface area (Å²) in [4.78, 5) is 12.9. The standard InChI is InChI=1S/C18H19ClO2S/c1-13(2)21-18(20)10-15-8-9-16(19)11-17(15)22-12-14-6-4-3-5-7-14/h3-9,11,13H,10,12H2,1-2H3. The molecule has 4 heteroatoms. The molecule has 116 valence electrons. The van der Waals surface area contributed by atoms with Crippen LogP contribution in [0.3, 0.4) is 0 Å². The first-order valence-corrected chi connectivity index (χ1v) is 8.55. The molecule has 0 amide bonds. The van der Waals surface area contributed by atoms with Gasteiger partial charge in [-0.25, -0.2) is 0 Å². The molecular weight excluding hydrogens is 316 g/mol. The molecule has 22 heavy (non-hydrogen) atoms. The van der Waals surface area contributed by atoms with Crippen molar-refractivity contribution in [1.82, 2.24) is 0 Å². The van der Waals surface area contributed by atoms with Crippen LogP contribution in [0.15, 0.2) is 53.4 Å². The Hall–Kier alpha value is -1.45. The largest absolute Gasteiger partial charge is 0.463 e. The minimum absolute atomic E-state index is 0.0970. The van der Waals surface area contributed by atoms with E-state index in [-0.39, 0.29) is 18.5 Å². The predicted molar refractivity (Wildman–Crippen MR) is 92.4 cm³/mol. The van der Waals surface area contributed by atoms with Gasteiger partial charge in [0.1, 0.15) is 0 Å². The normalized spacial score (nSPS) is 10.7. The van der Waals surface area contributed by atoms with Crippen LogP contribution < -0.4 is 0 Å². The fourth-order valence-electron chi connectivity index (χ4n) is 2.00. The Bertz CT molecular complexity index is 626. The van der Waals surface area contributed by atoms with Crippen LogP contribution in [0, 0.1) is 0 Å². The zero-order chi connectivity index (χ0) is 15.9. The van der Waals surface area contributed by atoms with Crippen molar-refractivity contribution in [3.63, 3.8) is 0 Å². The highest BCUT2D eigenvalue weighted by Gasteiger charge is 2.12.